The standard InChI is InChI=1S/C15H24ClN3O2S/c1-12-10-14(16)4-5-15(12)22(20,21)17-11-13(2)19-8-6-18(3)7-9-19/h4-5,10,13,17H,6-9,11H2,1-3H3/t13-/m0/s1. The van der Waals surface area contributed by atoms with E-state index in [1.165, 1.54) is 0 Å². The van der Waals surface area contributed by atoms with Crippen molar-refractivity contribution >= 4 is 21.6 Å². The Morgan fingerprint density at radius 3 is 2.50 bits per heavy atom. The minimum atomic E-state index is -3.50. The monoisotopic (exact) mass is 345 g/mol. The van der Waals surface area contributed by atoms with Crippen molar-refractivity contribution in [1.29, 1.82) is 0 Å². The highest BCUT2D eigenvalue weighted by atomic mass is 35.5. The molecule has 22 heavy (non-hydrogen) atoms. The Hall–Kier alpha value is -0.660. The van der Waals surface area contributed by atoms with E-state index in [2.05, 4.69) is 28.5 Å². The van der Waals surface area contributed by atoms with Gasteiger partial charge in [-0.15, -0.1) is 0 Å². The van der Waals surface area contributed by atoms with E-state index >= 15 is 0 Å². The van der Waals surface area contributed by atoms with Crippen LogP contribution in [0.2, 0.25) is 5.02 Å². The average Bonchev–Trinajstić information content (AvgIpc) is 2.45. The molecule has 0 radical (unpaired) electrons. The van der Waals surface area contributed by atoms with Gasteiger partial charge in [0.2, 0.25) is 10.0 Å². The fourth-order valence-electron chi connectivity index (χ4n) is 2.61. The van der Waals surface area contributed by atoms with E-state index in [-0.39, 0.29) is 6.04 Å². The van der Waals surface area contributed by atoms with Gasteiger partial charge < -0.3 is 4.90 Å². The second kappa shape index (κ2) is 7.27. The first-order valence-corrected chi connectivity index (χ1v) is 9.34. The number of nitrogens with one attached hydrogen (secondary N) is 1. The molecule has 1 aromatic rings. The topological polar surface area (TPSA) is 52.7 Å². The first-order chi connectivity index (χ1) is 10.3. The molecule has 1 saturated heterocycles. The van der Waals surface area contributed by atoms with Crippen molar-refractivity contribution in [2.45, 2.75) is 24.8 Å². The second-order valence-electron chi connectivity index (χ2n) is 5.95. The number of rotatable bonds is 5. The molecule has 124 valence electrons. The van der Waals surface area contributed by atoms with Crippen LogP contribution >= 0.6 is 11.6 Å². The molecule has 1 aliphatic rings. The Labute approximate surface area is 138 Å². The second-order valence-corrected chi connectivity index (χ2v) is 8.12. The number of hydrogen-bond donors (Lipinski definition) is 1. The fourth-order valence-corrected chi connectivity index (χ4v) is 4.19. The first kappa shape index (κ1) is 17.7. The molecular formula is C15H24ClN3O2S. The molecule has 0 amide bonds. The maximum Gasteiger partial charge on any atom is 0.240 e. The van der Waals surface area contributed by atoms with E-state index in [1.54, 1.807) is 25.1 Å². The first-order valence-electron chi connectivity index (χ1n) is 7.48. The van der Waals surface area contributed by atoms with Gasteiger partial charge in [-0.05, 0) is 44.7 Å². The summed E-state index contributed by atoms with van der Waals surface area (Å²) in [6.07, 6.45) is 0. The zero-order chi connectivity index (χ0) is 16.3. The van der Waals surface area contributed by atoms with Gasteiger partial charge in [-0.1, -0.05) is 11.6 Å². The zero-order valence-electron chi connectivity index (χ0n) is 13.3. The van der Waals surface area contributed by atoms with Crippen LogP contribution < -0.4 is 4.72 Å². The SMILES string of the molecule is Cc1cc(Cl)ccc1S(=O)(=O)NC[C@H](C)N1CCN(C)CC1. The van der Waals surface area contributed by atoms with E-state index in [4.69, 9.17) is 11.6 Å². The molecule has 0 aliphatic carbocycles. The summed E-state index contributed by atoms with van der Waals surface area (Å²) < 4.78 is 27.6. The predicted molar refractivity (Wildman–Crippen MR) is 89.9 cm³/mol. The number of nitrogens with zero attached hydrogens (tertiary/aromatic N) is 2. The third-order valence-corrected chi connectivity index (χ3v) is 5.98. The third kappa shape index (κ3) is 4.43. The van der Waals surface area contributed by atoms with Gasteiger partial charge in [-0.2, -0.15) is 0 Å². The zero-order valence-corrected chi connectivity index (χ0v) is 14.9. The molecule has 0 spiro atoms. The Bertz CT molecular complexity index is 613. The predicted octanol–water partition coefficient (Wildman–Crippen LogP) is 1.56. The van der Waals surface area contributed by atoms with E-state index in [0.29, 0.717) is 22.0 Å². The highest BCUT2D eigenvalue weighted by Gasteiger charge is 2.22. The normalized spacial score (nSPS) is 19.3. The maximum atomic E-state index is 12.4. The van der Waals surface area contributed by atoms with Crippen molar-refractivity contribution in [1.82, 2.24) is 14.5 Å². The van der Waals surface area contributed by atoms with Crippen molar-refractivity contribution in [3.05, 3.63) is 28.8 Å². The van der Waals surface area contributed by atoms with Gasteiger partial charge in [-0.25, -0.2) is 13.1 Å². The molecule has 1 aliphatic heterocycles. The summed E-state index contributed by atoms with van der Waals surface area (Å²) in [7, 11) is -1.39. The molecular weight excluding hydrogens is 322 g/mol. The lowest BCUT2D eigenvalue weighted by Gasteiger charge is -2.36. The van der Waals surface area contributed by atoms with Crippen LogP contribution in [0.1, 0.15) is 12.5 Å². The molecule has 0 unspecified atom stereocenters. The van der Waals surface area contributed by atoms with Crippen molar-refractivity contribution in [3.8, 4) is 0 Å². The quantitative estimate of drug-likeness (QED) is 0.880. The Morgan fingerprint density at radius 2 is 1.91 bits per heavy atom. The smallest absolute Gasteiger partial charge is 0.240 e. The molecule has 5 nitrogen and oxygen atoms in total. The highest BCUT2D eigenvalue weighted by Crippen LogP contribution is 2.19. The number of benzene rings is 1. The van der Waals surface area contributed by atoms with Crippen LogP contribution in [0.5, 0.6) is 0 Å². The van der Waals surface area contributed by atoms with Crippen LogP contribution in [0.4, 0.5) is 0 Å². The summed E-state index contributed by atoms with van der Waals surface area (Å²) in [6, 6.07) is 5.00. The van der Waals surface area contributed by atoms with Crippen LogP contribution in [0.25, 0.3) is 0 Å². The van der Waals surface area contributed by atoms with Gasteiger partial charge in [0.25, 0.3) is 0 Å². The van der Waals surface area contributed by atoms with Gasteiger partial charge in [0.15, 0.2) is 0 Å². The van der Waals surface area contributed by atoms with Crippen molar-refractivity contribution < 1.29 is 8.42 Å². The van der Waals surface area contributed by atoms with E-state index < -0.39 is 10.0 Å². The van der Waals surface area contributed by atoms with E-state index in [9.17, 15) is 8.42 Å². The van der Waals surface area contributed by atoms with Crippen molar-refractivity contribution in [2.24, 2.45) is 0 Å². The molecule has 1 atom stereocenters. The van der Waals surface area contributed by atoms with Crippen LogP contribution in [0, 0.1) is 6.92 Å². The lowest BCUT2D eigenvalue weighted by atomic mass is 10.2. The van der Waals surface area contributed by atoms with Crippen LogP contribution in [-0.4, -0.2) is 64.0 Å². The summed E-state index contributed by atoms with van der Waals surface area (Å²) in [4.78, 5) is 4.89. The number of likely N-dealkylation sites (N-methyl/N-ethyl adjacent to an activating group) is 1. The van der Waals surface area contributed by atoms with Gasteiger partial charge in [0.1, 0.15) is 0 Å². The fraction of sp³-hybridized carbons (Fsp3) is 0.600. The summed E-state index contributed by atoms with van der Waals surface area (Å²) in [6.45, 7) is 8.21. The van der Waals surface area contributed by atoms with Crippen LogP contribution in [0.3, 0.4) is 0 Å². The van der Waals surface area contributed by atoms with Crippen molar-refractivity contribution in [3.63, 3.8) is 0 Å². The van der Waals surface area contributed by atoms with E-state index in [0.717, 1.165) is 26.2 Å². The Kier molecular flexibility index (Phi) is 5.85. The molecule has 1 heterocycles. The van der Waals surface area contributed by atoms with Gasteiger partial charge in [0, 0.05) is 43.8 Å². The number of hydrogen-bond acceptors (Lipinski definition) is 4. The molecule has 0 saturated carbocycles. The lowest BCUT2D eigenvalue weighted by Crippen LogP contribution is -2.51. The van der Waals surface area contributed by atoms with Gasteiger partial charge >= 0.3 is 0 Å². The summed E-state index contributed by atoms with van der Waals surface area (Å²) in [5, 5.41) is 0.544. The minimum Gasteiger partial charge on any atom is -0.304 e. The summed E-state index contributed by atoms with van der Waals surface area (Å²) >= 11 is 5.88. The number of aryl methyl sites for hydroxylation is 1. The minimum absolute atomic E-state index is 0.177. The Balaban J connectivity index is 1.97. The largest absolute Gasteiger partial charge is 0.304 e. The molecule has 1 N–H and O–H groups in total. The van der Waals surface area contributed by atoms with Crippen LogP contribution in [0.15, 0.2) is 23.1 Å². The highest BCUT2D eigenvalue weighted by molar-refractivity contribution is 7.89. The molecule has 7 heteroatoms. The van der Waals surface area contributed by atoms with Gasteiger partial charge in [-0.3, -0.25) is 4.90 Å². The number of piperazine rings is 1. The molecule has 1 fully saturated rings. The Morgan fingerprint density at radius 1 is 1.27 bits per heavy atom. The third-order valence-electron chi connectivity index (χ3n) is 4.16. The summed E-state index contributed by atoms with van der Waals surface area (Å²) in [5.41, 5.74) is 0.659. The van der Waals surface area contributed by atoms with Crippen LogP contribution in [-0.2, 0) is 10.0 Å². The number of sulfonamides is 1. The molecule has 2 rings (SSSR count). The van der Waals surface area contributed by atoms with Gasteiger partial charge in [0.05, 0.1) is 4.90 Å². The lowest BCUT2D eigenvalue weighted by molar-refractivity contribution is 0.120. The molecule has 0 aromatic heterocycles. The van der Waals surface area contributed by atoms with Crippen molar-refractivity contribution in [2.75, 3.05) is 39.8 Å². The average molecular weight is 346 g/mol. The van der Waals surface area contributed by atoms with E-state index in [1.807, 2.05) is 0 Å². The maximum absolute atomic E-state index is 12.4. The number of halogens is 1. The molecule has 1 aromatic carbocycles. The summed E-state index contributed by atoms with van der Waals surface area (Å²) in [5.74, 6) is 0. The molecule has 0 bridgehead atoms.